The first-order valence-corrected chi connectivity index (χ1v) is 11.5. The third kappa shape index (κ3) is 4.02. The molecule has 2 fully saturated rings. The molecule has 3 aliphatic rings. The third-order valence-corrected chi connectivity index (χ3v) is 7.98. The van der Waals surface area contributed by atoms with E-state index in [2.05, 4.69) is 5.32 Å². The van der Waals surface area contributed by atoms with E-state index in [4.69, 9.17) is 22.2 Å². The molecule has 8 nitrogen and oxygen atoms in total. The number of rotatable bonds is 6. The van der Waals surface area contributed by atoms with Crippen LogP contribution in [0.3, 0.4) is 0 Å². The molecule has 3 heterocycles. The van der Waals surface area contributed by atoms with Crippen LogP contribution < -0.4 is 16.2 Å². The van der Waals surface area contributed by atoms with Crippen molar-refractivity contribution in [3.63, 3.8) is 0 Å². The summed E-state index contributed by atoms with van der Waals surface area (Å²) in [4.78, 5) is 39.5. The van der Waals surface area contributed by atoms with E-state index in [0.29, 0.717) is 35.9 Å². The van der Waals surface area contributed by atoms with E-state index >= 15 is 0 Å². The number of cyclic esters (lactones) is 1. The Morgan fingerprint density at radius 2 is 2.13 bits per heavy atom. The summed E-state index contributed by atoms with van der Waals surface area (Å²) >= 11 is 7.67. The molecule has 4 atom stereocenters. The first-order valence-electron chi connectivity index (χ1n) is 10.3. The highest BCUT2D eigenvalue weighted by Crippen LogP contribution is 2.53. The lowest BCUT2D eigenvalue weighted by Gasteiger charge is -2.37. The molecule has 1 aromatic rings. The van der Waals surface area contributed by atoms with Crippen LogP contribution in [0.5, 0.6) is 0 Å². The SMILES string of the molecule is CCC1(C(=O)N(N)c2ccccc2)SC(Cl)=CC1CC1OC(=O)NC1N1CCCC1=O. The molecule has 0 saturated carbocycles. The van der Waals surface area contributed by atoms with Crippen molar-refractivity contribution >= 4 is 47.0 Å². The van der Waals surface area contributed by atoms with E-state index in [1.54, 1.807) is 17.0 Å². The van der Waals surface area contributed by atoms with Crippen molar-refractivity contribution in [2.45, 2.75) is 49.6 Å². The van der Waals surface area contributed by atoms with Gasteiger partial charge in [-0.05, 0) is 31.4 Å². The monoisotopic (exact) mass is 464 g/mol. The maximum atomic E-state index is 13.6. The number of carbonyl (C=O) groups is 3. The number of nitrogens with zero attached hydrogens (tertiary/aromatic N) is 2. The predicted octanol–water partition coefficient (Wildman–Crippen LogP) is 2.93. The molecule has 166 valence electrons. The number of carbonyl (C=O) groups excluding carboxylic acids is 3. The van der Waals surface area contributed by atoms with Crippen LogP contribution in [-0.4, -0.2) is 46.4 Å². The molecule has 31 heavy (non-hydrogen) atoms. The molecule has 4 unspecified atom stereocenters. The zero-order valence-electron chi connectivity index (χ0n) is 17.1. The summed E-state index contributed by atoms with van der Waals surface area (Å²) in [5.41, 5.74) is 0.581. The summed E-state index contributed by atoms with van der Waals surface area (Å²) in [5.74, 6) is 5.61. The number of allylic oxidation sites excluding steroid dienone is 1. The molecule has 1 aromatic carbocycles. The Morgan fingerprint density at radius 1 is 1.39 bits per heavy atom. The van der Waals surface area contributed by atoms with Gasteiger partial charge in [0.25, 0.3) is 5.91 Å². The quantitative estimate of drug-likeness (QED) is 0.381. The molecule has 0 aliphatic carbocycles. The van der Waals surface area contributed by atoms with Gasteiger partial charge < -0.3 is 9.64 Å². The number of nitrogens with two attached hydrogens (primary N) is 1. The van der Waals surface area contributed by atoms with E-state index < -0.39 is 23.1 Å². The van der Waals surface area contributed by atoms with Crippen LogP contribution in [0.2, 0.25) is 0 Å². The highest BCUT2D eigenvalue weighted by atomic mass is 35.5. The van der Waals surface area contributed by atoms with Crippen molar-refractivity contribution in [3.8, 4) is 0 Å². The number of para-hydroxylation sites is 1. The Hall–Kier alpha value is -2.23. The number of halogens is 1. The van der Waals surface area contributed by atoms with Gasteiger partial charge in [0, 0.05) is 18.9 Å². The molecular formula is C21H25ClN4O4S. The number of hydrogen-bond acceptors (Lipinski definition) is 6. The number of likely N-dealkylation sites (tertiary alicyclic amines) is 1. The van der Waals surface area contributed by atoms with E-state index in [-0.39, 0.29) is 17.7 Å². The Labute approximate surface area is 190 Å². The van der Waals surface area contributed by atoms with Gasteiger partial charge >= 0.3 is 6.09 Å². The van der Waals surface area contributed by atoms with Gasteiger partial charge in [0.05, 0.1) is 10.1 Å². The minimum atomic E-state index is -0.934. The van der Waals surface area contributed by atoms with E-state index in [0.717, 1.165) is 11.4 Å². The zero-order chi connectivity index (χ0) is 22.2. The lowest BCUT2D eigenvalue weighted by molar-refractivity contribution is -0.131. The summed E-state index contributed by atoms with van der Waals surface area (Å²) in [6.07, 6.45) is 2.18. The molecule has 0 aromatic heterocycles. The maximum Gasteiger partial charge on any atom is 0.409 e. The van der Waals surface area contributed by atoms with Crippen LogP contribution in [0.25, 0.3) is 0 Å². The van der Waals surface area contributed by atoms with Crippen LogP contribution in [0.1, 0.15) is 32.6 Å². The Morgan fingerprint density at radius 3 is 2.77 bits per heavy atom. The molecule has 0 bridgehead atoms. The van der Waals surface area contributed by atoms with Crippen LogP contribution in [0.15, 0.2) is 40.8 Å². The van der Waals surface area contributed by atoms with Crippen LogP contribution in [0.4, 0.5) is 10.5 Å². The van der Waals surface area contributed by atoms with Crippen molar-refractivity contribution in [2.24, 2.45) is 11.8 Å². The second-order valence-electron chi connectivity index (χ2n) is 7.89. The summed E-state index contributed by atoms with van der Waals surface area (Å²) in [6.45, 7) is 2.49. The lowest BCUT2D eigenvalue weighted by atomic mass is 9.83. The highest BCUT2D eigenvalue weighted by Gasteiger charge is 2.53. The fourth-order valence-corrected chi connectivity index (χ4v) is 6.34. The number of benzene rings is 1. The fraction of sp³-hybridized carbons (Fsp3) is 0.476. The van der Waals surface area contributed by atoms with Crippen LogP contribution >= 0.6 is 23.4 Å². The smallest absolute Gasteiger partial charge is 0.409 e. The van der Waals surface area contributed by atoms with E-state index in [1.807, 2.05) is 31.2 Å². The van der Waals surface area contributed by atoms with Crippen molar-refractivity contribution in [2.75, 3.05) is 11.6 Å². The maximum absolute atomic E-state index is 13.6. The van der Waals surface area contributed by atoms with Gasteiger partial charge in [-0.2, -0.15) is 0 Å². The molecule has 3 aliphatic heterocycles. The van der Waals surface area contributed by atoms with Crippen molar-refractivity contribution in [3.05, 3.63) is 40.8 Å². The highest BCUT2D eigenvalue weighted by molar-refractivity contribution is 8.06. The third-order valence-electron chi connectivity index (χ3n) is 6.16. The fourth-order valence-electron chi connectivity index (χ4n) is 4.55. The molecular weight excluding hydrogens is 440 g/mol. The van der Waals surface area contributed by atoms with Crippen molar-refractivity contribution in [1.29, 1.82) is 0 Å². The molecule has 2 saturated heterocycles. The second kappa shape index (κ2) is 8.72. The summed E-state index contributed by atoms with van der Waals surface area (Å²) < 4.78 is 5.09. The number of amides is 3. The van der Waals surface area contributed by atoms with Gasteiger partial charge in [-0.1, -0.05) is 54.6 Å². The largest absolute Gasteiger partial charge is 0.442 e. The number of alkyl carbamates (subject to hydrolysis) is 1. The molecule has 10 heteroatoms. The van der Waals surface area contributed by atoms with Crippen molar-refractivity contribution in [1.82, 2.24) is 10.2 Å². The first-order chi connectivity index (χ1) is 14.9. The Kier molecular flexibility index (Phi) is 6.18. The topological polar surface area (TPSA) is 105 Å². The van der Waals surface area contributed by atoms with E-state index in [9.17, 15) is 14.4 Å². The number of hydrazine groups is 1. The number of hydrogen-bond donors (Lipinski definition) is 2. The van der Waals surface area contributed by atoms with Crippen LogP contribution in [0, 0.1) is 5.92 Å². The molecule has 0 radical (unpaired) electrons. The standard InChI is InChI=1S/C21H25ClN4O4S/c1-2-21(19(28)26(23)14-7-4-3-5-8-14)13(12-16(22)31-21)11-15-18(24-20(29)30-15)25-10-6-9-17(25)27/h3-5,7-8,12-13,15,18H,2,6,9-11,23H2,1H3,(H,24,29). The number of thioether (sulfide) groups is 1. The Balaban J connectivity index is 1.59. The van der Waals surface area contributed by atoms with E-state index in [1.165, 1.54) is 11.8 Å². The predicted molar refractivity (Wildman–Crippen MR) is 119 cm³/mol. The van der Waals surface area contributed by atoms with Gasteiger partial charge in [-0.15, -0.1) is 0 Å². The second-order valence-corrected chi connectivity index (χ2v) is 9.90. The number of anilines is 1. The van der Waals surface area contributed by atoms with Gasteiger partial charge in [-0.3, -0.25) is 14.9 Å². The van der Waals surface area contributed by atoms with Crippen LogP contribution in [-0.2, 0) is 14.3 Å². The normalized spacial score (nSPS) is 30.2. The summed E-state index contributed by atoms with van der Waals surface area (Å²) in [6, 6.07) is 9.01. The summed E-state index contributed by atoms with van der Waals surface area (Å²) in [5, 5.41) is 3.91. The lowest BCUT2D eigenvalue weighted by Crippen LogP contribution is -2.54. The average molecular weight is 465 g/mol. The molecule has 3 amide bonds. The van der Waals surface area contributed by atoms with Gasteiger partial charge in [0.15, 0.2) is 0 Å². The molecule has 0 spiro atoms. The van der Waals surface area contributed by atoms with Crippen molar-refractivity contribution < 1.29 is 19.1 Å². The molecule has 4 rings (SSSR count). The van der Waals surface area contributed by atoms with Gasteiger partial charge in [0.1, 0.15) is 17.0 Å². The number of nitrogens with one attached hydrogen (secondary N) is 1. The van der Waals surface area contributed by atoms with Gasteiger partial charge in [-0.25, -0.2) is 15.6 Å². The molecule has 3 N–H and O–H groups in total. The Bertz CT molecular complexity index is 914. The van der Waals surface area contributed by atoms with Gasteiger partial charge in [0.2, 0.25) is 5.91 Å². The number of ether oxygens (including phenoxy) is 1. The minimum absolute atomic E-state index is 0.00906. The first kappa shape index (κ1) is 22.0. The zero-order valence-corrected chi connectivity index (χ0v) is 18.7. The summed E-state index contributed by atoms with van der Waals surface area (Å²) in [7, 11) is 0. The minimum Gasteiger partial charge on any atom is -0.442 e. The average Bonchev–Trinajstić information content (AvgIpc) is 3.44.